The Kier molecular flexibility index (Phi) is 4.72. The minimum atomic E-state index is -0.435. The minimum absolute atomic E-state index is 0.180. The highest BCUT2D eigenvalue weighted by Gasteiger charge is 2.20. The second-order valence-electron chi connectivity index (χ2n) is 5.81. The monoisotopic (exact) mass is 386 g/mol. The first kappa shape index (κ1) is 17.4. The highest BCUT2D eigenvalue weighted by atomic mass is 32.2. The van der Waals surface area contributed by atoms with Gasteiger partial charge in [-0.05, 0) is 43.3 Å². The summed E-state index contributed by atoms with van der Waals surface area (Å²) in [4.78, 5) is 16.6. The van der Waals surface area contributed by atoms with Crippen LogP contribution in [-0.2, 0) is 4.79 Å². The molecule has 0 bridgehead atoms. The summed E-state index contributed by atoms with van der Waals surface area (Å²) >= 11 is 1.20. The molecule has 0 fully saturated rings. The van der Waals surface area contributed by atoms with Crippen molar-refractivity contribution in [3.8, 4) is 22.8 Å². The topological polar surface area (TPSA) is 73.6 Å². The van der Waals surface area contributed by atoms with Crippen LogP contribution < -0.4 is 14.8 Å². The zero-order valence-corrected chi connectivity index (χ0v) is 15.1. The van der Waals surface area contributed by atoms with Crippen LogP contribution in [0.1, 0.15) is 6.92 Å². The second kappa shape index (κ2) is 7.32. The molecular formula is C19H15FN2O4S. The number of oxazole rings is 1. The van der Waals surface area contributed by atoms with Crippen LogP contribution in [0.5, 0.6) is 11.5 Å². The maximum absolute atomic E-state index is 13.0. The van der Waals surface area contributed by atoms with E-state index in [9.17, 15) is 9.18 Å². The molecule has 0 saturated heterocycles. The van der Waals surface area contributed by atoms with Crippen molar-refractivity contribution < 1.29 is 23.1 Å². The summed E-state index contributed by atoms with van der Waals surface area (Å²) < 4.78 is 29.2. The Balaban J connectivity index is 1.39. The molecule has 2 aromatic carbocycles. The number of carbonyl (C=O) groups is 1. The molecule has 0 spiro atoms. The average molecular weight is 386 g/mol. The number of rotatable bonds is 5. The van der Waals surface area contributed by atoms with Gasteiger partial charge >= 0.3 is 0 Å². The standard InChI is InChI=1S/C19H15FN2O4S/c1-11(18(23)22-14-6-7-15-16(8-14)25-10-24-15)27-19-21-9-17(26-19)12-2-4-13(20)5-3-12/h2-9,11H,10H2,1H3,(H,22,23)/t11-/m0/s1. The third-order valence-electron chi connectivity index (χ3n) is 3.90. The lowest BCUT2D eigenvalue weighted by Crippen LogP contribution is -2.22. The van der Waals surface area contributed by atoms with Crippen LogP contribution in [0, 0.1) is 5.82 Å². The average Bonchev–Trinajstić information content (AvgIpc) is 3.31. The molecule has 2 heterocycles. The van der Waals surface area contributed by atoms with Gasteiger partial charge in [-0.2, -0.15) is 0 Å². The predicted octanol–water partition coefficient (Wildman–Crippen LogP) is 4.33. The molecule has 0 radical (unpaired) electrons. The number of hydrogen-bond acceptors (Lipinski definition) is 6. The number of thioether (sulfide) groups is 1. The van der Waals surface area contributed by atoms with Gasteiger partial charge < -0.3 is 19.2 Å². The predicted molar refractivity (Wildman–Crippen MR) is 98.4 cm³/mol. The molecule has 1 atom stereocenters. The Morgan fingerprint density at radius 1 is 1.19 bits per heavy atom. The van der Waals surface area contributed by atoms with E-state index in [0.717, 1.165) is 0 Å². The van der Waals surface area contributed by atoms with Gasteiger partial charge in [-0.15, -0.1) is 0 Å². The maximum Gasteiger partial charge on any atom is 0.256 e. The lowest BCUT2D eigenvalue weighted by Gasteiger charge is -2.10. The minimum Gasteiger partial charge on any atom is -0.454 e. The fraction of sp³-hybridized carbons (Fsp3) is 0.158. The van der Waals surface area contributed by atoms with Gasteiger partial charge in [0.25, 0.3) is 5.22 Å². The molecule has 1 aliphatic heterocycles. The van der Waals surface area contributed by atoms with E-state index in [1.165, 1.54) is 23.9 Å². The largest absolute Gasteiger partial charge is 0.454 e. The van der Waals surface area contributed by atoms with Crippen molar-refractivity contribution in [1.29, 1.82) is 0 Å². The highest BCUT2D eigenvalue weighted by molar-refractivity contribution is 8.00. The number of carbonyl (C=O) groups excluding carboxylic acids is 1. The van der Waals surface area contributed by atoms with E-state index in [1.807, 2.05) is 0 Å². The van der Waals surface area contributed by atoms with Gasteiger partial charge in [-0.3, -0.25) is 4.79 Å². The number of benzene rings is 2. The van der Waals surface area contributed by atoms with Crippen LogP contribution >= 0.6 is 11.8 Å². The van der Waals surface area contributed by atoms with Gasteiger partial charge in [-0.1, -0.05) is 11.8 Å². The molecule has 0 unspecified atom stereocenters. The van der Waals surface area contributed by atoms with Crippen LogP contribution in [0.15, 0.2) is 58.3 Å². The molecule has 0 saturated carbocycles. The van der Waals surface area contributed by atoms with E-state index in [1.54, 1.807) is 43.5 Å². The number of anilines is 1. The number of aromatic nitrogens is 1. The van der Waals surface area contributed by atoms with Gasteiger partial charge in [-0.25, -0.2) is 9.37 Å². The first-order valence-electron chi connectivity index (χ1n) is 8.17. The van der Waals surface area contributed by atoms with Crippen LogP contribution in [0.3, 0.4) is 0 Å². The van der Waals surface area contributed by atoms with E-state index in [4.69, 9.17) is 13.9 Å². The van der Waals surface area contributed by atoms with Gasteiger partial charge in [0.05, 0.1) is 11.4 Å². The lowest BCUT2D eigenvalue weighted by molar-refractivity contribution is -0.115. The number of nitrogens with one attached hydrogen (secondary N) is 1. The fourth-order valence-corrected chi connectivity index (χ4v) is 3.20. The fourth-order valence-electron chi connectivity index (χ4n) is 2.48. The molecule has 1 aliphatic rings. The molecule has 3 aromatic rings. The summed E-state index contributed by atoms with van der Waals surface area (Å²) in [6, 6.07) is 11.1. The molecule has 1 N–H and O–H groups in total. The molecule has 27 heavy (non-hydrogen) atoms. The van der Waals surface area contributed by atoms with E-state index < -0.39 is 5.25 Å². The zero-order chi connectivity index (χ0) is 18.8. The van der Waals surface area contributed by atoms with E-state index in [2.05, 4.69) is 10.3 Å². The molecule has 1 aromatic heterocycles. The highest BCUT2D eigenvalue weighted by Crippen LogP contribution is 2.34. The quantitative estimate of drug-likeness (QED) is 0.658. The van der Waals surface area contributed by atoms with Crippen molar-refractivity contribution in [2.24, 2.45) is 0 Å². The molecule has 4 rings (SSSR count). The SMILES string of the molecule is C[C@H](Sc1ncc(-c2ccc(F)cc2)o1)C(=O)Nc1ccc2c(c1)OCO2. The molecular weight excluding hydrogens is 371 g/mol. The van der Waals surface area contributed by atoms with Crippen LogP contribution in [0.4, 0.5) is 10.1 Å². The Morgan fingerprint density at radius 3 is 2.78 bits per heavy atom. The smallest absolute Gasteiger partial charge is 0.256 e. The summed E-state index contributed by atoms with van der Waals surface area (Å²) in [5, 5.41) is 2.76. The van der Waals surface area contributed by atoms with Crippen molar-refractivity contribution in [3.05, 3.63) is 54.5 Å². The number of hydrogen-bond donors (Lipinski definition) is 1. The molecule has 1 amide bonds. The number of ether oxygens (including phenoxy) is 2. The van der Waals surface area contributed by atoms with Gasteiger partial charge in [0.15, 0.2) is 17.3 Å². The van der Waals surface area contributed by atoms with Gasteiger partial charge in [0.2, 0.25) is 12.7 Å². The van der Waals surface area contributed by atoms with Crippen LogP contribution in [-0.4, -0.2) is 22.9 Å². The van der Waals surface area contributed by atoms with E-state index in [0.29, 0.717) is 33.7 Å². The first-order chi connectivity index (χ1) is 13.1. The summed E-state index contributed by atoms with van der Waals surface area (Å²) in [5.74, 6) is 1.26. The normalized spacial score (nSPS) is 13.4. The van der Waals surface area contributed by atoms with Crippen molar-refractivity contribution in [2.75, 3.05) is 12.1 Å². The van der Waals surface area contributed by atoms with Gasteiger partial charge in [0, 0.05) is 17.3 Å². The molecule has 8 heteroatoms. The number of fused-ring (bicyclic) bond motifs is 1. The summed E-state index contributed by atoms with van der Waals surface area (Å²) in [6.45, 7) is 1.94. The number of halogens is 1. The molecule has 0 aliphatic carbocycles. The summed E-state index contributed by atoms with van der Waals surface area (Å²) in [7, 11) is 0. The van der Waals surface area contributed by atoms with Crippen LogP contribution in [0.25, 0.3) is 11.3 Å². The number of nitrogens with zero attached hydrogens (tertiary/aromatic N) is 1. The Labute approximate surface area is 158 Å². The van der Waals surface area contributed by atoms with Crippen molar-refractivity contribution in [2.45, 2.75) is 17.4 Å². The summed E-state index contributed by atoms with van der Waals surface area (Å²) in [5.41, 5.74) is 1.34. The Morgan fingerprint density at radius 2 is 1.96 bits per heavy atom. The summed E-state index contributed by atoms with van der Waals surface area (Å²) in [6.07, 6.45) is 1.55. The number of amides is 1. The second-order valence-corrected chi connectivity index (χ2v) is 7.11. The van der Waals surface area contributed by atoms with Crippen molar-refractivity contribution >= 4 is 23.4 Å². The zero-order valence-electron chi connectivity index (χ0n) is 14.3. The molecule has 6 nitrogen and oxygen atoms in total. The molecule has 138 valence electrons. The maximum atomic E-state index is 13.0. The Hall–Kier alpha value is -3.00. The lowest BCUT2D eigenvalue weighted by atomic mass is 10.2. The van der Waals surface area contributed by atoms with Crippen molar-refractivity contribution in [1.82, 2.24) is 4.98 Å². The van der Waals surface area contributed by atoms with E-state index >= 15 is 0 Å². The van der Waals surface area contributed by atoms with Crippen LogP contribution in [0.2, 0.25) is 0 Å². The Bertz CT molecular complexity index is 974. The third-order valence-corrected chi connectivity index (χ3v) is 4.86. The third kappa shape index (κ3) is 3.90. The van der Waals surface area contributed by atoms with E-state index in [-0.39, 0.29) is 18.5 Å². The van der Waals surface area contributed by atoms with Gasteiger partial charge in [0.1, 0.15) is 5.82 Å². The van der Waals surface area contributed by atoms with Crippen molar-refractivity contribution in [3.63, 3.8) is 0 Å². The first-order valence-corrected chi connectivity index (χ1v) is 9.05.